The molecule has 5 heteroatoms. The normalized spacial score (nSPS) is 22.5. The van der Waals surface area contributed by atoms with Crippen LogP contribution in [-0.2, 0) is 10.0 Å². The van der Waals surface area contributed by atoms with Gasteiger partial charge in [-0.25, -0.2) is 8.42 Å². The molecule has 1 heterocycles. The van der Waals surface area contributed by atoms with Crippen LogP contribution in [0.25, 0.3) is 0 Å². The van der Waals surface area contributed by atoms with Crippen LogP contribution in [0.4, 0.5) is 0 Å². The van der Waals surface area contributed by atoms with Crippen molar-refractivity contribution in [3.05, 3.63) is 23.3 Å². The predicted octanol–water partition coefficient (Wildman–Crippen LogP) is 4.15. The summed E-state index contributed by atoms with van der Waals surface area (Å²) in [4.78, 5) is 0.421. The Morgan fingerprint density at radius 3 is 2.33 bits per heavy atom. The number of piperidine rings is 1. The lowest BCUT2D eigenvalue weighted by Crippen LogP contribution is -2.42. The molecular formula is C19H31NO3S. The van der Waals surface area contributed by atoms with Crippen LogP contribution in [-0.4, -0.2) is 32.4 Å². The van der Waals surface area contributed by atoms with Crippen LogP contribution < -0.4 is 4.74 Å². The number of sulfonamides is 1. The average Bonchev–Trinajstić information content (AvgIpc) is 2.50. The molecule has 0 aliphatic carbocycles. The van der Waals surface area contributed by atoms with Crippen LogP contribution in [0.15, 0.2) is 17.0 Å². The topological polar surface area (TPSA) is 46.6 Å². The summed E-state index contributed by atoms with van der Waals surface area (Å²) < 4.78 is 33.7. The minimum atomic E-state index is -3.45. The second kappa shape index (κ2) is 7.87. The number of benzene rings is 1. The second-order valence-corrected chi connectivity index (χ2v) is 9.19. The van der Waals surface area contributed by atoms with E-state index in [2.05, 4.69) is 20.8 Å². The third-order valence-corrected chi connectivity index (χ3v) is 6.87. The summed E-state index contributed by atoms with van der Waals surface area (Å²) in [5, 5.41) is 0. The van der Waals surface area contributed by atoms with Gasteiger partial charge in [0.2, 0.25) is 10.0 Å². The summed E-state index contributed by atoms with van der Waals surface area (Å²) in [6.45, 7) is 12.1. The maximum Gasteiger partial charge on any atom is 0.243 e. The van der Waals surface area contributed by atoms with Crippen molar-refractivity contribution in [2.75, 3.05) is 19.7 Å². The standard InChI is InChI=1S/C19H31NO3S/c1-6-7-10-23-18-8-9-19(17(5)16(18)4)24(21,22)20-12-14(2)11-15(3)13-20/h8-9,14-15H,6-7,10-13H2,1-5H3/t14-,15-/m0/s1. The maximum atomic E-state index is 13.1. The molecule has 136 valence electrons. The van der Waals surface area contributed by atoms with E-state index >= 15 is 0 Å². The van der Waals surface area contributed by atoms with Crippen LogP contribution in [0.5, 0.6) is 5.75 Å². The Hall–Kier alpha value is -1.07. The molecule has 0 aromatic heterocycles. The van der Waals surface area contributed by atoms with Gasteiger partial charge in [0, 0.05) is 13.1 Å². The van der Waals surface area contributed by atoms with E-state index in [1.165, 1.54) is 0 Å². The molecule has 24 heavy (non-hydrogen) atoms. The fraction of sp³-hybridized carbons (Fsp3) is 0.684. The molecular weight excluding hydrogens is 322 g/mol. The second-order valence-electron chi connectivity index (χ2n) is 7.28. The minimum Gasteiger partial charge on any atom is -0.493 e. The van der Waals surface area contributed by atoms with Gasteiger partial charge in [0.05, 0.1) is 11.5 Å². The minimum absolute atomic E-state index is 0.404. The Morgan fingerprint density at radius 1 is 1.12 bits per heavy atom. The Balaban J connectivity index is 2.29. The highest BCUT2D eigenvalue weighted by molar-refractivity contribution is 7.89. The molecule has 0 saturated carbocycles. The van der Waals surface area contributed by atoms with Gasteiger partial charge in [0.15, 0.2) is 0 Å². The molecule has 1 saturated heterocycles. The van der Waals surface area contributed by atoms with E-state index in [-0.39, 0.29) is 0 Å². The Bertz CT molecular complexity index is 659. The summed E-state index contributed by atoms with van der Waals surface area (Å²) in [6.07, 6.45) is 3.17. The van der Waals surface area contributed by atoms with Crippen molar-refractivity contribution in [1.29, 1.82) is 0 Å². The van der Waals surface area contributed by atoms with Crippen LogP contribution in [0.1, 0.15) is 51.2 Å². The third kappa shape index (κ3) is 4.12. The lowest BCUT2D eigenvalue weighted by atomic mass is 9.94. The highest BCUT2D eigenvalue weighted by Gasteiger charge is 2.33. The van der Waals surface area contributed by atoms with Crippen molar-refractivity contribution < 1.29 is 13.2 Å². The van der Waals surface area contributed by atoms with Crippen molar-refractivity contribution in [3.8, 4) is 5.75 Å². The Morgan fingerprint density at radius 2 is 1.75 bits per heavy atom. The first kappa shape index (κ1) is 19.3. The van der Waals surface area contributed by atoms with Gasteiger partial charge in [-0.05, 0) is 61.8 Å². The molecule has 4 nitrogen and oxygen atoms in total. The van der Waals surface area contributed by atoms with Crippen molar-refractivity contribution in [2.45, 2.75) is 58.8 Å². The molecule has 2 atom stereocenters. The lowest BCUT2D eigenvalue weighted by Gasteiger charge is -2.34. The van der Waals surface area contributed by atoms with Gasteiger partial charge in [-0.3, -0.25) is 0 Å². The first-order chi connectivity index (χ1) is 11.3. The van der Waals surface area contributed by atoms with E-state index in [0.717, 1.165) is 36.1 Å². The molecule has 0 unspecified atom stereocenters. The van der Waals surface area contributed by atoms with E-state index in [1.807, 2.05) is 19.9 Å². The van der Waals surface area contributed by atoms with Gasteiger partial charge in [0.25, 0.3) is 0 Å². The zero-order valence-electron chi connectivity index (χ0n) is 15.6. The van der Waals surface area contributed by atoms with Gasteiger partial charge in [0.1, 0.15) is 5.75 Å². The zero-order chi connectivity index (χ0) is 17.9. The number of rotatable bonds is 6. The number of hydrogen-bond acceptors (Lipinski definition) is 3. The zero-order valence-corrected chi connectivity index (χ0v) is 16.4. The Kier molecular flexibility index (Phi) is 6.32. The van der Waals surface area contributed by atoms with E-state index in [0.29, 0.717) is 36.4 Å². The van der Waals surface area contributed by atoms with Crippen molar-refractivity contribution in [3.63, 3.8) is 0 Å². The van der Waals surface area contributed by atoms with Crippen LogP contribution >= 0.6 is 0 Å². The summed E-state index contributed by atoms with van der Waals surface area (Å²) in [5.74, 6) is 1.60. The van der Waals surface area contributed by atoms with Gasteiger partial charge in [-0.1, -0.05) is 27.2 Å². The smallest absolute Gasteiger partial charge is 0.243 e. The van der Waals surface area contributed by atoms with Crippen molar-refractivity contribution in [2.24, 2.45) is 11.8 Å². The highest BCUT2D eigenvalue weighted by Crippen LogP contribution is 2.32. The van der Waals surface area contributed by atoms with Crippen LogP contribution in [0.2, 0.25) is 0 Å². The summed E-state index contributed by atoms with van der Waals surface area (Å²) >= 11 is 0. The molecule has 1 fully saturated rings. The molecule has 1 aliphatic rings. The lowest BCUT2D eigenvalue weighted by molar-refractivity contribution is 0.222. The molecule has 0 N–H and O–H groups in total. The fourth-order valence-corrected chi connectivity index (χ4v) is 5.43. The molecule has 0 spiro atoms. The maximum absolute atomic E-state index is 13.1. The largest absolute Gasteiger partial charge is 0.493 e. The van der Waals surface area contributed by atoms with Crippen molar-refractivity contribution >= 4 is 10.0 Å². The Labute approximate surface area is 147 Å². The van der Waals surface area contributed by atoms with Crippen LogP contribution in [0.3, 0.4) is 0 Å². The van der Waals surface area contributed by atoms with Gasteiger partial charge < -0.3 is 4.74 Å². The molecule has 2 rings (SSSR count). The molecule has 1 aliphatic heterocycles. The van der Waals surface area contributed by atoms with Gasteiger partial charge in [-0.15, -0.1) is 0 Å². The SMILES string of the molecule is CCCCOc1ccc(S(=O)(=O)N2C[C@@H](C)C[C@H](C)C2)c(C)c1C. The van der Waals surface area contributed by atoms with E-state index in [4.69, 9.17) is 4.74 Å². The first-order valence-electron chi connectivity index (χ1n) is 9.00. The highest BCUT2D eigenvalue weighted by atomic mass is 32.2. The van der Waals surface area contributed by atoms with Crippen LogP contribution in [0, 0.1) is 25.7 Å². The van der Waals surface area contributed by atoms with E-state index < -0.39 is 10.0 Å². The molecule has 1 aromatic carbocycles. The van der Waals surface area contributed by atoms with E-state index in [1.54, 1.807) is 10.4 Å². The number of nitrogens with zero attached hydrogens (tertiary/aromatic N) is 1. The molecule has 1 aromatic rings. The monoisotopic (exact) mass is 353 g/mol. The summed E-state index contributed by atoms with van der Waals surface area (Å²) in [6, 6.07) is 3.52. The number of ether oxygens (including phenoxy) is 1. The van der Waals surface area contributed by atoms with E-state index in [9.17, 15) is 8.42 Å². The summed E-state index contributed by atoms with van der Waals surface area (Å²) in [5.41, 5.74) is 1.72. The molecule has 0 bridgehead atoms. The predicted molar refractivity (Wildman–Crippen MR) is 98.0 cm³/mol. The molecule has 0 radical (unpaired) electrons. The molecule has 0 amide bonds. The summed E-state index contributed by atoms with van der Waals surface area (Å²) in [7, 11) is -3.45. The van der Waals surface area contributed by atoms with Gasteiger partial charge in [-0.2, -0.15) is 4.31 Å². The fourth-order valence-electron chi connectivity index (χ4n) is 3.47. The van der Waals surface area contributed by atoms with Crippen molar-refractivity contribution in [1.82, 2.24) is 4.31 Å². The third-order valence-electron chi connectivity index (χ3n) is 4.90. The first-order valence-corrected chi connectivity index (χ1v) is 10.4. The number of unbranched alkanes of at least 4 members (excludes halogenated alkanes) is 1. The number of hydrogen-bond donors (Lipinski definition) is 0. The van der Waals surface area contributed by atoms with Gasteiger partial charge >= 0.3 is 0 Å². The quantitative estimate of drug-likeness (QED) is 0.722. The average molecular weight is 354 g/mol.